The van der Waals surface area contributed by atoms with Gasteiger partial charge in [-0.2, -0.15) is 18.3 Å². The lowest BCUT2D eigenvalue weighted by Gasteiger charge is -2.43. The number of rotatable bonds is 5. The number of amides is 1. The first kappa shape index (κ1) is 26.2. The van der Waals surface area contributed by atoms with Crippen molar-refractivity contribution >= 4 is 34.4 Å². The van der Waals surface area contributed by atoms with Gasteiger partial charge < -0.3 is 10.2 Å². The van der Waals surface area contributed by atoms with Crippen LogP contribution in [0.1, 0.15) is 29.4 Å². The zero-order chi connectivity index (χ0) is 26.3. The van der Waals surface area contributed by atoms with Crippen LogP contribution in [-0.2, 0) is 13.2 Å². The van der Waals surface area contributed by atoms with Gasteiger partial charge in [0.05, 0.1) is 18.2 Å². The third kappa shape index (κ3) is 5.76. The molecule has 1 amide bonds. The van der Waals surface area contributed by atoms with Crippen LogP contribution < -0.4 is 5.32 Å². The number of likely N-dealkylation sites (tertiary alicyclic amines) is 1. The summed E-state index contributed by atoms with van der Waals surface area (Å²) in [5, 5.41) is 7.06. The van der Waals surface area contributed by atoms with E-state index in [0.717, 1.165) is 14.0 Å². The maximum absolute atomic E-state index is 14.6. The summed E-state index contributed by atoms with van der Waals surface area (Å²) in [5.41, 5.74) is 0.267. The van der Waals surface area contributed by atoms with Gasteiger partial charge in [-0.05, 0) is 46.2 Å². The molecule has 0 bridgehead atoms. The number of piperidine rings is 1. The second kappa shape index (κ2) is 9.90. The number of alkyl halides is 5. The number of aromatic nitrogens is 4. The van der Waals surface area contributed by atoms with Crippen LogP contribution >= 0.6 is 22.6 Å². The van der Waals surface area contributed by atoms with E-state index in [1.54, 1.807) is 20.2 Å². The Bertz CT molecular complexity index is 1230. The van der Waals surface area contributed by atoms with Gasteiger partial charge in [0.15, 0.2) is 5.69 Å². The number of carbonyl (C=O) groups excluding carboxylic acids is 1. The van der Waals surface area contributed by atoms with E-state index in [0.29, 0.717) is 18.0 Å². The van der Waals surface area contributed by atoms with E-state index < -0.39 is 48.5 Å². The Morgan fingerprint density at radius 3 is 2.44 bits per heavy atom. The van der Waals surface area contributed by atoms with Gasteiger partial charge in [-0.25, -0.2) is 18.7 Å². The Kier molecular flexibility index (Phi) is 7.21. The normalized spacial score (nSPS) is 19.8. The fraction of sp³-hybridized carbons (Fsp3) is 0.391. The van der Waals surface area contributed by atoms with Crippen molar-refractivity contribution in [2.75, 3.05) is 18.4 Å². The minimum absolute atomic E-state index is 0.0277. The predicted octanol–water partition coefficient (Wildman–Crippen LogP) is 5.10. The van der Waals surface area contributed by atoms with Crippen LogP contribution in [0.15, 0.2) is 42.9 Å². The summed E-state index contributed by atoms with van der Waals surface area (Å²) >= 11 is 2.15. The molecule has 1 aliphatic heterocycles. The van der Waals surface area contributed by atoms with Crippen LogP contribution in [0.3, 0.4) is 0 Å². The molecule has 1 aromatic carbocycles. The molecule has 0 radical (unpaired) electrons. The number of hydrogen-bond donors (Lipinski definition) is 1. The lowest BCUT2D eigenvalue weighted by Crippen LogP contribution is -2.57. The SMILES string of the molecule is C[C@@H]1CC(F)(F)CN(C(=O)c2nn(C)cc2-c2ccc(I)cc2)C1CNc1ncc(C(F)(F)F)cn1. The Morgan fingerprint density at radius 2 is 1.83 bits per heavy atom. The van der Waals surface area contributed by atoms with Crippen LogP contribution in [0.2, 0.25) is 0 Å². The molecule has 2 atom stereocenters. The number of halogens is 6. The van der Waals surface area contributed by atoms with Gasteiger partial charge in [-0.3, -0.25) is 9.48 Å². The standard InChI is InChI=1S/C23H22F5IN6O/c1-13-7-22(24,25)12-35(18(13)10-32-21-30-8-15(9-31-21)23(26,27)28)20(36)19-17(11-34(2)33-19)14-3-5-16(29)6-4-14/h3-6,8-9,11,13,18H,7,10,12H2,1-2H3,(H,30,31,32)/t13-,18?/m1/s1. The molecular formula is C23H22F5IN6O. The molecule has 7 nitrogen and oxygen atoms in total. The molecule has 192 valence electrons. The summed E-state index contributed by atoms with van der Waals surface area (Å²) in [4.78, 5) is 22.0. The number of carbonyl (C=O) groups is 1. The highest BCUT2D eigenvalue weighted by molar-refractivity contribution is 14.1. The fourth-order valence-electron chi connectivity index (χ4n) is 4.26. The molecule has 0 saturated carbocycles. The van der Waals surface area contributed by atoms with Gasteiger partial charge in [0.1, 0.15) is 0 Å². The van der Waals surface area contributed by atoms with Crippen LogP contribution in [-0.4, -0.2) is 55.6 Å². The summed E-state index contributed by atoms with van der Waals surface area (Å²) in [6.45, 7) is 0.769. The highest BCUT2D eigenvalue weighted by atomic mass is 127. The monoisotopic (exact) mass is 620 g/mol. The molecule has 1 N–H and O–H groups in total. The van der Waals surface area contributed by atoms with Crippen molar-refractivity contribution < 1.29 is 26.7 Å². The molecule has 1 aliphatic rings. The van der Waals surface area contributed by atoms with E-state index in [1.165, 1.54) is 4.68 Å². The highest BCUT2D eigenvalue weighted by Gasteiger charge is 2.47. The molecule has 3 aromatic rings. The number of nitrogens with zero attached hydrogens (tertiary/aromatic N) is 5. The first-order valence-electron chi connectivity index (χ1n) is 11.0. The van der Waals surface area contributed by atoms with Crippen LogP contribution in [0.25, 0.3) is 11.1 Å². The lowest BCUT2D eigenvalue weighted by molar-refractivity contribution is -0.138. The molecule has 4 rings (SSSR count). The summed E-state index contributed by atoms with van der Waals surface area (Å²) in [6, 6.07) is 6.68. The van der Waals surface area contributed by atoms with E-state index in [4.69, 9.17) is 0 Å². The van der Waals surface area contributed by atoms with Gasteiger partial charge in [0.25, 0.3) is 11.8 Å². The van der Waals surface area contributed by atoms with E-state index in [2.05, 4.69) is 43.0 Å². The van der Waals surface area contributed by atoms with Crippen molar-refractivity contribution in [3.63, 3.8) is 0 Å². The minimum Gasteiger partial charge on any atom is -0.352 e. The van der Waals surface area contributed by atoms with Gasteiger partial charge in [-0.1, -0.05) is 19.1 Å². The second-order valence-electron chi connectivity index (χ2n) is 8.78. The second-order valence-corrected chi connectivity index (χ2v) is 10.0. The summed E-state index contributed by atoms with van der Waals surface area (Å²) in [6.07, 6.45) is -2.09. The van der Waals surface area contributed by atoms with Gasteiger partial charge in [-0.15, -0.1) is 0 Å². The Morgan fingerprint density at radius 1 is 1.19 bits per heavy atom. The van der Waals surface area contributed by atoms with Crippen LogP contribution in [0.5, 0.6) is 0 Å². The molecule has 36 heavy (non-hydrogen) atoms. The van der Waals surface area contributed by atoms with Gasteiger partial charge in [0.2, 0.25) is 5.95 Å². The summed E-state index contributed by atoms with van der Waals surface area (Å²) in [5.74, 6) is -4.48. The van der Waals surface area contributed by atoms with E-state index in [9.17, 15) is 26.7 Å². The molecule has 2 aromatic heterocycles. The topological polar surface area (TPSA) is 75.9 Å². The molecule has 0 spiro atoms. The van der Waals surface area contributed by atoms with Crippen LogP contribution in [0.4, 0.5) is 27.9 Å². The maximum Gasteiger partial charge on any atom is 0.419 e. The molecule has 13 heteroatoms. The Labute approximate surface area is 217 Å². The summed E-state index contributed by atoms with van der Waals surface area (Å²) in [7, 11) is 1.64. The minimum atomic E-state index is -4.58. The average Bonchev–Trinajstić information content (AvgIpc) is 3.19. The van der Waals surface area contributed by atoms with Crippen molar-refractivity contribution in [3.8, 4) is 11.1 Å². The molecule has 0 aliphatic carbocycles. The van der Waals surface area contributed by atoms with E-state index >= 15 is 0 Å². The van der Waals surface area contributed by atoms with Crippen LogP contribution in [0, 0.1) is 9.49 Å². The average molecular weight is 620 g/mol. The first-order chi connectivity index (χ1) is 16.8. The molecule has 1 unspecified atom stereocenters. The first-order valence-corrected chi connectivity index (χ1v) is 12.0. The van der Waals surface area contributed by atoms with Crippen molar-refractivity contribution in [2.24, 2.45) is 13.0 Å². The lowest BCUT2D eigenvalue weighted by atomic mass is 9.88. The third-order valence-corrected chi connectivity index (χ3v) is 6.69. The smallest absolute Gasteiger partial charge is 0.352 e. The fourth-order valence-corrected chi connectivity index (χ4v) is 4.62. The molecule has 3 heterocycles. The number of nitrogens with one attached hydrogen (secondary N) is 1. The Hall–Kier alpha value is -2.84. The van der Waals surface area contributed by atoms with Gasteiger partial charge >= 0.3 is 6.18 Å². The predicted molar refractivity (Wildman–Crippen MR) is 130 cm³/mol. The van der Waals surface area contributed by atoms with E-state index in [1.807, 2.05) is 24.3 Å². The maximum atomic E-state index is 14.6. The number of anilines is 1. The third-order valence-electron chi connectivity index (χ3n) is 5.98. The molecule has 1 saturated heterocycles. The molecule has 1 fully saturated rings. The highest BCUT2D eigenvalue weighted by Crippen LogP contribution is 2.36. The largest absolute Gasteiger partial charge is 0.419 e. The number of benzene rings is 1. The number of hydrogen-bond acceptors (Lipinski definition) is 5. The zero-order valence-corrected chi connectivity index (χ0v) is 21.4. The van der Waals surface area contributed by atoms with Gasteiger partial charge in [0, 0.05) is 47.7 Å². The zero-order valence-electron chi connectivity index (χ0n) is 19.2. The summed E-state index contributed by atoms with van der Waals surface area (Å²) < 4.78 is 69.9. The number of aryl methyl sites for hydroxylation is 1. The Balaban J connectivity index is 1.60. The van der Waals surface area contributed by atoms with Crippen molar-refractivity contribution in [3.05, 3.63) is 57.7 Å². The van der Waals surface area contributed by atoms with Crippen molar-refractivity contribution in [1.29, 1.82) is 0 Å². The van der Waals surface area contributed by atoms with E-state index in [-0.39, 0.29) is 18.2 Å². The van der Waals surface area contributed by atoms with Crippen molar-refractivity contribution in [2.45, 2.75) is 31.5 Å². The molecular weight excluding hydrogens is 598 g/mol. The van der Waals surface area contributed by atoms with Crippen molar-refractivity contribution in [1.82, 2.24) is 24.6 Å². The quantitative estimate of drug-likeness (QED) is 0.318.